The molecular weight excluding hydrogens is 344 g/mol. The van der Waals surface area contributed by atoms with Gasteiger partial charge < -0.3 is 9.73 Å². The van der Waals surface area contributed by atoms with E-state index < -0.39 is 0 Å². The van der Waals surface area contributed by atoms with E-state index in [9.17, 15) is 9.59 Å². The maximum atomic E-state index is 12.7. The van der Waals surface area contributed by atoms with Crippen LogP contribution in [0.25, 0.3) is 5.69 Å². The summed E-state index contributed by atoms with van der Waals surface area (Å²) >= 11 is 0. The Balaban J connectivity index is 1.51. The van der Waals surface area contributed by atoms with Gasteiger partial charge in [-0.3, -0.25) is 9.59 Å². The molecule has 1 aliphatic rings. The number of fused-ring (bicyclic) bond motifs is 1. The number of nitrogens with one attached hydrogen (secondary N) is 1. The molecule has 138 valence electrons. The Morgan fingerprint density at radius 2 is 2.04 bits per heavy atom. The van der Waals surface area contributed by atoms with Crippen molar-refractivity contribution in [2.45, 2.75) is 39.2 Å². The molecule has 0 spiro atoms. The van der Waals surface area contributed by atoms with Crippen LogP contribution in [0.2, 0.25) is 0 Å². The zero-order valence-corrected chi connectivity index (χ0v) is 15.2. The Kier molecular flexibility index (Phi) is 4.35. The Labute approximate surface area is 156 Å². The van der Waals surface area contributed by atoms with Crippen molar-refractivity contribution in [1.82, 2.24) is 20.1 Å². The van der Waals surface area contributed by atoms with E-state index in [2.05, 4.69) is 15.4 Å². The van der Waals surface area contributed by atoms with E-state index in [1.54, 1.807) is 17.9 Å². The second-order valence-corrected chi connectivity index (χ2v) is 6.76. The van der Waals surface area contributed by atoms with Crippen molar-refractivity contribution in [3.8, 4) is 5.69 Å². The number of hydrogen-bond donors (Lipinski definition) is 1. The fraction of sp³-hybridized carbons (Fsp3) is 0.300. The van der Waals surface area contributed by atoms with Crippen LogP contribution in [0.1, 0.15) is 63.6 Å². The number of amides is 1. The van der Waals surface area contributed by atoms with Gasteiger partial charge in [-0.15, -0.1) is 0 Å². The van der Waals surface area contributed by atoms with Crippen molar-refractivity contribution >= 4 is 11.7 Å². The first kappa shape index (κ1) is 17.2. The standard InChI is InChI=1S/C20H20N4O3/c1-12-18-16(25)4-3-5-17(18)27-19(12)20(26)23-13(2)14-6-8-15(9-7-14)24-11-21-10-22-24/h6-11,13H,3-5H2,1-2H3,(H,23,26). The molecule has 1 aromatic carbocycles. The third kappa shape index (κ3) is 3.16. The van der Waals surface area contributed by atoms with Crippen LogP contribution in [0.5, 0.6) is 0 Å². The molecule has 2 heterocycles. The van der Waals surface area contributed by atoms with Crippen LogP contribution >= 0.6 is 0 Å². The second-order valence-electron chi connectivity index (χ2n) is 6.76. The number of Topliss-reactive ketones (excluding diaryl/α,β-unsaturated/α-hetero) is 1. The zero-order chi connectivity index (χ0) is 19.0. The van der Waals surface area contributed by atoms with Crippen LogP contribution in [0.3, 0.4) is 0 Å². The van der Waals surface area contributed by atoms with E-state index in [0.717, 1.165) is 17.7 Å². The van der Waals surface area contributed by atoms with Gasteiger partial charge in [-0.2, -0.15) is 5.10 Å². The second kappa shape index (κ2) is 6.83. The van der Waals surface area contributed by atoms with Crippen molar-refractivity contribution in [2.24, 2.45) is 0 Å². The highest BCUT2D eigenvalue weighted by molar-refractivity contribution is 6.03. The Bertz CT molecular complexity index is 987. The maximum Gasteiger partial charge on any atom is 0.287 e. The lowest BCUT2D eigenvalue weighted by Gasteiger charge is -2.14. The Morgan fingerprint density at radius 1 is 1.26 bits per heavy atom. The summed E-state index contributed by atoms with van der Waals surface area (Å²) in [5.41, 5.74) is 3.08. The molecule has 0 saturated heterocycles. The predicted octanol–water partition coefficient (Wildman–Crippen LogP) is 3.18. The third-order valence-corrected chi connectivity index (χ3v) is 4.94. The summed E-state index contributed by atoms with van der Waals surface area (Å²) in [5, 5.41) is 7.05. The normalized spacial score (nSPS) is 14.7. The van der Waals surface area contributed by atoms with Gasteiger partial charge in [-0.1, -0.05) is 12.1 Å². The van der Waals surface area contributed by atoms with Crippen LogP contribution < -0.4 is 5.32 Å². The van der Waals surface area contributed by atoms with Crippen LogP contribution in [-0.2, 0) is 6.42 Å². The first-order valence-electron chi connectivity index (χ1n) is 8.96. The number of benzene rings is 1. The van der Waals surface area contributed by atoms with Crippen molar-refractivity contribution in [3.63, 3.8) is 0 Å². The minimum absolute atomic E-state index is 0.0632. The van der Waals surface area contributed by atoms with E-state index in [1.807, 2.05) is 31.2 Å². The summed E-state index contributed by atoms with van der Waals surface area (Å²) in [6, 6.07) is 7.50. The molecule has 1 N–H and O–H groups in total. The SMILES string of the molecule is Cc1c(C(=O)NC(C)c2ccc(-n3cncn3)cc2)oc2c1C(=O)CCC2. The third-order valence-electron chi connectivity index (χ3n) is 4.94. The van der Waals surface area contributed by atoms with E-state index >= 15 is 0 Å². The quantitative estimate of drug-likeness (QED) is 0.768. The van der Waals surface area contributed by atoms with Gasteiger partial charge in [0.05, 0.1) is 17.3 Å². The Hall–Kier alpha value is -3.22. The topological polar surface area (TPSA) is 90.0 Å². The molecule has 1 amide bonds. The zero-order valence-electron chi connectivity index (χ0n) is 15.2. The van der Waals surface area contributed by atoms with Gasteiger partial charge >= 0.3 is 0 Å². The number of rotatable bonds is 4. The number of ketones is 1. The lowest BCUT2D eigenvalue weighted by atomic mass is 9.94. The molecule has 4 rings (SSSR count). The van der Waals surface area contributed by atoms with Crippen molar-refractivity contribution in [3.05, 3.63) is 65.1 Å². The molecule has 0 radical (unpaired) electrons. The average molecular weight is 364 g/mol. The van der Waals surface area contributed by atoms with Gasteiger partial charge in [0, 0.05) is 18.4 Å². The fourth-order valence-corrected chi connectivity index (χ4v) is 3.47. The molecule has 1 unspecified atom stereocenters. The molecule has 7 nitrogen and oxygen atoms in total. The monoisotopic (exact) mass is 364 g/mol. The Morgan fingerprint density at radius 3 is 2.70 bits per heavy atom. The summed E-state index contributed by atoms with van der Waals surface area (Å²) in [7, 11) is 0. The van der Waals surface area contributed by atoms with Crippen molar-refractivity contribution < 1.29 is 14.0 Å². The lowest BCUT2D eigenvalue weighted by molar-refractivity contribution is 0.0906. The molecule has 1 aliphatic carbocycles. The summed E-state index contributed by atoms with van der Waals surface area (Å²) < 4.78 is 7.39. The number of nitrogens with zero attached hydrogens (tertiary/aromatic N) is 3. The van der Waals surface area contributed by atoms with Gasteiger partial charge in [0.1, 0.15) is 18.4 Å². The van der Waals surface area contributed by atoms with Crippen molar-refractivity contribution in [2.75, 3.05) is 0 Å². The van der Waals surface area contributed by atoms with Gasteiger partial charge in [-0.05, 0) is 38.0 Å². The average Bonchev–Trinajstić information content (AvgIpc) is 3.31. The predicted molar refractivity (Wildman–Crippen MR) is 98.0 cm³/mol. The number of aryl methyl sites for hydroxylation is 1. The molecular formula is C20H20N4O3. The van der Waals surface area contributed by atoms with E-state index in [1.165, 1.54) is 6.33 Å². The molecule has 27 heavy (non-hydrogen) atoms. The number of hydrogen-bond acceptors (Lipinski definition) is 5. The van der Waals surface area contributed by atoms with E-state index in [0.29, 0.717) is 29.7 Å². The van der Waals surface area contributed by atoms with Crippen LogP contribution in [0.4, 0.5) is 0 Å². The first-order chi connectivity index (χ1) is 13.0. The van der Waals surface area contributed by atoms with Crippen molar-refractivity contribution in [1.29, 1.82) is 0 Å². The smallest absolute Gasteiger partial charge is 0.287 e. The number of furan rings is 1. The number of carbonyl (C=O) groups is 2. The molecule has 7 heteroatoms. The molecule has 3 aromatic rings. The van der Waals surface area contributed by atoms with Crippen LogP contribution in [0.15, 0.2) is 41.3 Å². The molecule has 0 bridgehead atoms. The van der Waals surface area contributed by atoms with E-state index in [4.69, 9.17) is 4.42 Å². The summed E-state index contributed by atoms with van der Waals surface area (Å²) in [6.45, 7) is 3.68. The molecule has 2 aromatic heterocycles. The minimum atomic E-state index is -0.303. The summed E-state index contributed by atoms with van der Waals surface area (Å²) in [5.74, 6) is 0.635. The van der Waals surface area contributed by atoms with Crippen LogP contribution in [0, 0.1) is 6.92 Å². The highest BCUT2D eigenvalue weighted by Gasteiger charge is 2.29. The van der Waals surface area contributed by atoms with Gasteiger partial charge in [0.15, 0.2) is 11.5 Å². The highest BCUT2D eigenvalue weighted by atomic mass is 16.4. The van der Waals surface area contributed by atoms with Gasteiger partial charge in [0.25, 0.3) is 5.91 Å². The minimum Gasteiger partial charge on any atom is -0.455 e. The first-order valence-corrected chi connectivity index (χ1v) is 8.96. The molecule has 1 atom stereocenters. The van der Waals surface area contributed by atoms with Gasteiger partial charge in [-0.25, -0.2) is 9.67 Å². The number of aromatic nitrogens is 3. The van der Waals surface area contributed by atoms with E-state index in [-0.39, 0.29) is 23.5 Å². The van der Waals surface area contributed by atoms with Crippen LogP contribution in [-0.4, -0.2) is 26.5 Å². The lowest BCUT2D eigenvalue weighted by Crippen LogP contribution is -2.27. The molecule has 0 aliphatic heterocycles. The largest absolute Gasteiger partial charge is 0.455 e. The summed E-state index contributed by atoms with van der Waals surface area (Å²) in [4.78, 5) is 28.7. The van der Waals surface area contributed by atoms with Gasteiger partial charge in [0.2, 0.25) is 0 Å². The fourth-order valence-electron chi connectivity index (χ4n) is 3.47. The summed E-state index contributed by atoms with van der Waals surface area (Å²) in [6.07, 6.45) is 5.10. The molecule has 0 fully saturated rings. The number of carbonyl (C=O) groups excluding carboxylic acids is 2. The highest BCUT2D eigenvalue weighted by Crippen LogP contribution is 2.29. The molecule has 0 saturated carbocycles. The maximum absolute atomic E-state index is 12.7.